The average Bonchev–Trinajstić information content (AvgIpc) is 2.84. The van der Waals surface area contributed by atoms with E-state index in [4.69, 9.17) is 6.85 Å². The quantitative estimate of drug-likeness (QED) is 0.685. The Balaban J connectivity index is 2.27. The minimum Gasteiger partial charge on any atom is -0.213 e. The summed E-state index contributed by atoms with van der Waals surface area (Å²) in [7, 11) is 0. The maximum atomic E-state index is 11.3. The zero-order valence-corrected chi connectivity index (χ0v) is 7.85. The van der Waals surface area contributed by atoms with E-state index in [1.165, 1.54) is 6.07 Å². The van der Waals surface area contributed by atoms with Crippen molar-refractivity contribution in [3.05, 3.63) is 42.6 Å². The molecule has 0 radical (unpaired) electrons. The van der Waals surface area contributed by atoms with Crippen LogP contribution in [0.15, 0.2) is 52.8 Å². The first-order valence-electron chi connectivity index (χ1n) is 6.87. The van der Waals surface area contributed by atoms with Crippen molar-refractivity contribution >= 4 is 11.8 Å². The molecule has 5 nitrogen and oxygen atoms in total. The van der Waals surface area contributed by atoms with E-state index in [-0.39, 0.29) is 29.2 Å². The lowest BCUT2D eigenvalue weighted by Crippen LogP contribution is -2.37. The zero-order valence-electron chi connectivity index (χ0n) is 12.9. The van der Waals surface area contributed by atoms with E-state index < -0.39 is 24.2 Å². The summed E-state index contributed by atoms with van der Waals surface area (Å²) in [4.78, 5) is 15.3. The van der Waals surface area contributed by atoms with E-state index in [9.17, 15) is 4.79 Å². The normalized spacial score (nSPS) is 17.2. The van der Waals surface area contributed by atoms with Gasteiger partial charge in [-0.25, -0.2) is 4.79 Å². The Labute approximate surface area is 98.1 Å². The molecule has 1 aromatic carbocycles. The van der Waals surface area contributed by atoms with Crippen LogP contribution in [0.4, 0.5) is 10.6 Å². The van der Waals surface area contributed by atoms with Crippen LogP contribution in [0.25, 0.3) is 11.3 Å². The van der Waals surface area contributed by atoms with Gasteiger partial charge in [0.15, 0.2) is 0 Å². The van der Waals surface area contributed by atoms with Crippen LogP contribution in [0.5, 0.6) is 0 Å². The molecule has 76 valence electrons. The number of benzene rings is 1. The molecule has 2 heterocycles. The Morgan fingerprint density at radius 1 is 1.19 bits per heavy atom. The van der Waals surface area contributed by atoms with Crippen molar-refractivity contribution in [1.29, 1.82) is 0 Å². The summed E-state index contributed by atoms with van der Waals surface area (Å²) < 4.78 is 39.6. The van der Waals surface area contributed by atoms with Gasteiger partial charge in [-0.1, -0.05) is 30.2 Å². The second kappa shape index (κ2) is 3.30. The molecule has 0 saturated heterocycles. The monoisotopic (exact) mass is 216 g/mol. The highest BCUT2D eigenvalue weighted by Crippen LogP contribution is 2.20. The molecule has 1 aliphatic heterocycles. The summed E-state index contributed by atoms with van der Waals surface area (Å²) in [5.41, 5.74) is 0.0887. The molecule has 0 aliphatic carbocycles. The van der Waals surface area contributed by atoms with Crippen LogP contribution in [-0.2, 0) is 0 Å². The van der Waals surface area contributed by atoms with E-state index in [0.29, 0.717) is 0 Å². The van der Waals surface area contributed by atoms with E-state index in [2.05, 4.69) is 15.2 Å². The summed E-state index contributed by atoms with van der Waals surface area (Å²) in [6.07, 6.45) is 1.16. The van der Waals surface area contributed by atoms with Crippen molar-refractivity contribution < 1.29 is 16.2 Å². The minimum absolute atomic E-state index is 0.0426. The Hall–Kier alpha value is -2.43. The molecule has 16 heavy (non-hydrogen) atoms. The van der Waals surface area contributed by atoms with Gasteiger partial charge in [0.05, 0.1) is 12.0 Å². The Morgan fingerprint density at radius 3 is 2.81 bits per heavy atom. The van der Waals surface area contributed by atoms with Crippen molar-refractivity contribution in [3.63, 3.8) is 0 Å². The molecule has 0 N–H and O–H groups in total. The van der Waals surface area contributed by atoms with Crippen molar-refractivity contribution in [1.82, 2.24) is 4.98 Å². The molecule has 0 fully saturated rings. The van der Waals surface area contributed by atoms with Crippen LogP contribution in [-0.4, -0.2) is 11.0 Å². The third-order valence-electron chi connectivity index (χ3n) is 2.03. The number of rotatable bonds is 1. The maximum Gasteiger partial charge on any atom is 0.482 e. The standard InChI is InChI=1S/C11H7N4O/c16-11-14-13-10-6-9(12-7-15(10)11)8-4-2-1-3-5-8/h1-7H/q+1/i1D,2D,3D,4D,5D. The van der Waals surface area contributed by atoms with Gasteiger partial charge in [0.2, 0.25) is 6.33 Å². The topological polar surface area (TPSA) is 58.6 Å². The Bertz CT molecular complexity index is 807. The predicted octanol–water partition coefficient (Wildman–Crippen LogP) is 2.10. The lowest BCUT2D eigenvalue weighted by Gasteiger charge is -1.97. The Morgan fingerprint density at radius 2 is 2.00 bits per heavy atom. The number of carbonyl (C=O) groups is 1. The molecule has 1 aromatic heterocycles. The lowest BCUT2D eigenvalue weighted by molar-refractivity contribution is -0.553. The number of hydrogen-bond donors (Lipinski definition) is 0. The SMILES string of the molecule is [2H]c1c([2H])c([2H])c(-c2cc3[n+](cn2)C(=O)N=N3)c([2H])c1[2H]. The average molecular weight is 216 g/mol. The first-order chi connectivity index (χ1) is 9.91. The second-order valence-electron chi connectivity index (χ2n) is 2.98. The third-order valence-corrected chi connectivity index (χ3v) is 2.03. The fourth-order valence-electron chi connectivity index (χ4n) is 1.29. The Kier molecular flexibility index (Phi) is 1.05. The van der Waals surface area contributed by atoms with E-state index >= 15 is 0 Å². The lowest BCUT2D eigenvalue weighted by atomic mass is 10.1. The number of azo groups is 1. The molecule has 3 rings (SSSR count). The van der Waals surface area contributed by atoms with E-state index in [1.54, 1.807) is 0 Å². The highest BCUT2D eigenvalue weighted by molar-refractivity contribution is 5.70. The van der Waals surface area contributed by atoms with Crippen LogP contribution in [0.1, 0.15) is 6.85 Å². The molecule has 0 saturated carbocycles. The highest BCUT2D eigenvalue weighted by atomic mass is 16.2. The van der Waals surface area contributed by atoms with Gasteiger partial charge in [-0.2, -0.15) is 4.57 Å². The van der Waals surface area contributed by atoms with Gasteiger partial charge in [-0.15, -0.1) is 4.98 Å². The fourth-order valence-corrected chi connectivity index (χ4v) is 1.29. The van der Waals surface area contributed by atoms with Gasteiger partial charge < -0.3 is 0 Å². The number of aromatic nitrogens is 2. The van der Waals surface area contributed by atoms with Gasteiger partial charge in [-0.3, -0.25) is 0 Å². The molecule has 0 spiro atoms. The summed E-state index contributed by atoms with van der Waals surface area (Å²) in [5, 5.41) is 6.98. The number of fused-ring (bicyclic) bond motifs is 1. The summed E-state index contributed by atoms with van der Waals surface area (Å²) in [6.45, 7) is 0. The van der Waals surface area contributed by atoms with Gasteiger partial charge in [-0.05, 0) is 0 Å². The molecule has 0 bridgehead atoms. The third kappa shape index (κ3) is 1.30. The number of amides is 1. The van der Waals surface area contributed by atoms with Crippen molar-refractivity contribution in [3.8, 4) is 11.3 Å². The second-order valence-corrected chi connectivity index (χ2v) is 2.98. The first kappa shape index (κ1) is 5.07. The largest absolute Gasteiger partial charge is 0.482 e. The molecule has 0 atom stereocenters. The van der Waals surface area contributed by atoms with Crippen LogP contribution < -0.4 is 4.57 Å². The van der Waals surface area contributed by atoms with Gasteiger partial charge >= 0.3 is 6.03 Å². The summed E-state index contributed by atoms with van der Waals surface area (Å²) in [6, 6.07) is -1.33. The number of carbonyl (C=O) groups excluding carboxylic acids is 1. The van der Waals surface area contributed by atoms with E-state index in [1.807, 2.05) is 0 Å². The summed E-state index contributed by atoms with van der Waals surface area (Å²) >= 11 is 0. The number of hydrogen-bond acceptors (Lipinski definition) is 3. The van der Waals surface area contributed by atoms with Crippen LogP contribution in [0.2, 0.25) is 0 Å². The van der Waals surface area contributed by atoms with Crippen molar-refractivity contribution in [2.45, 2.75) is 0 Å². The maximum absolute atomic E-state index is 11.3. The van der Waals surface area contributed by atoms with Gasteiger partial charge in [0.25, 0.3) is 5.82 Å². The zero-order chi connectivity index (χ0) is 15.3. The molecule has 0 unspecified atom stereocenters. The fraction of sp³-hybridized carbons (Fsp3) is 0. The van der Waals surface area contributed by atoms with Gasteiger partial charge in [0, 0.05) is 16.7 Å². The smallest absolute Gasteiger partial charge is 0.213 e. The predicted molar refractivity (Wildman–Crippen MR) is 55.2 cm³/mol. The molecule has 1 amide bonds. The highest BCUT2D eigenvalue weighted by Gasteiger charge is 2.25. The first-order valence-corrected chi connectivity index (χ1v) is 4.37. The molecule has 2 aromatic rings. The van der Waals surface area contributed by atoms with E-state index in [0.717, 1.165) is 10.9 Å². The molecule has 5 heteroatoms. The molecule has 1 aliphatic rings. The molecular weight excluding hydrogens is 204 g/mol. The summed E-state index contributed by atoms with van der Waals surface area (Å²) in [5.74, 6) is 0.191. The molecular formula is C11H7N4O+. The van der Waals surface area contributed by atoms with Crippen LogP contribution in [0, 0.1) is 0 Å². The van der Waals surface area contributed by atoms with Crippen molar-refractivity contribution in [2.24, 2.45) is 10.2 Å². The number of nitrogens with zero attached hydrogens (tertiary/aromatic N) is 4. The van der Waals surface area contributed by atoms with Crippen LogP contribution in [0.3, 0.4) is 0 Å². The van der Waals surface area contributed by atoms with Crippen molar-refractivity contribution in [2.75, 3.05) is 0 Å². The minimum atomic E-state index is -0.592. The van der Waals surface area contributed by atoms with Crippen LogP contribution >= 0.6 is 0 Å². The van der Waals surface area contributed by atoms with Gasteiger partial charge in [0.1, 0.15) is 5.69 Å².